The van der Waals surface area contributed by atoms with E-state index in [0.29, 0.717) is 31.4 Å². The molecular weight excluding hydrogens is 312 g/mol. The van der Waals surface area contributed by atoms with Crippen molar-refractivity contribution in [2.24, 2.45) is 0 Å². The van der Waals surface area contributed by atoms with Crippen LogP contribution in [0.4, 0.5) is 0 Å². The van der Waals surface area contributed by atoms with Crippen LogP contribution in [0.3, 0.4) is 0 Å². The minimum Gasteiger partial charge on any atom is -0.390 e. The van der Waals surface area contributed by atoms with Crippen molar-refractivity contribution in [2.45, 2.75) is 36.7 Å². The summed E-state index contributed by atoms with van der Waals surface area (Å²) in [6.45, 7) is 2.33. The van der Waals surface area contributed by atoms with Crippen molar-refractivity contribution in [3.05, 3.63) is 28.8 Å². The molecule has 1 aliphatic rings. The highest BCUT2D eigenvalue weighted by Crippen LogP contribution is 2.29. The summed E-state index contributed by atoms with van der Waals surface area (Å²) in [5, 5.41) is 18.9. The van der Waals surface area contributed by atoms with Gasteiger partial charge in [0.1, 0.15) is 4.90 Å². The predicted octanol–water partition coefficient (Wildman–Crippen LogP) is 2.14. The van der Waals surface area contributed by atoms with Crippen molar-refractivity contribution in [3.8, 4) is 6.07 Å². The molecule has 0 bridgehead atoms. The van der Waals surface area contributed by atoms with E-state index in [1.54, 1.807) is 6.92 Å². The second kappa shape index (κ2) is 5.93. The lowest BCUT2D eigenvalue weighted by Gasteiger charge is -2.22. The van der Waals surface area contributed by atoms with Crippen LogP contribution in [0.2, 0.25) is 5.02 Å². The molecule has 0 saturated carbocycles. The first-order valence-corrected chi connectivity index (χ1v) is 8.50. The Bertz CT molecular complexity index is 680. The lowest BCUT2D eigenvalue weighted by molar-refractivity contribution is 0.0465. The molecule has 5 nitrogen and oxygen atoms in total. The Morgan fingerprint density at radius 3 is 2.71 bits per heavy atom. The van der Waals surface area contributed by atoms with Gasteiger partial charge < -0.3 is 5.11 Å². The molecule has 1 aromatic rings. The van der Waals surface area contributed by atoms with Gasteiger partial charge in [0.05, 0.1) is 22.3 Å². The van der Waals surface area contributed by atoms with Gasteiger partial charge in [-0.05, 0) is 44.4 Å². The van der Waals surface area contributed by atoms with E-state index in [0.717, 1.165) is 0 Å². The third-order valence-electron chi connectivity index (χ3n) is 3.70. The first kappa shape index (κ1) is 16.2. The van der Waals surface area contributed by atoms with E-state index < -0.39 is 15.6 Å². The van der Waals surface area contributed by atoms with Gasteiger partial charge in [-0.2, -0.15) is 9.57 Å². The van der Waals surface area contributed by atoms with Crippen LogP contribution in [0.1, 0.15) is 31.7 Å². The smallest absolute Gasteiger partial charge is 0.244 e. The topological polar surface area (TPSA) is 81.4 Å². The number of nitriles is 1. The maximum atomic E-state index is 12.6. The first-order chi connectivity index (χ1) is 9.76. The van der Waals surface area contributed by atoms with Crippen LogP contribution in [0.25, 0.3) is 0 Å². The Kier molecular flexibility index (Phi) is 4.59. The van der Waals surface area contributed by atoms with E-state index in [9.17, 15) is 13.5 Å². The molecule has 0 spiro atoms. The standard InChI is InChI=1S/C14H17ClN2O3S/c1-14(18)5-2-7-17(8-6-14)21(19,20)13-4-3-11(10-16)9-12(13)15/h3-4,9,18H,2,5-8H2,1H3. The third-order valence-corrected chi connectivity index (χ3v) is 6.08. The predicted molar refractivity (Wildman–Crippen MR) is 79.4 cm³/mol. The molecule has 1 unspecified atom stereocenters. The van der Waals surface area contributed by atoms with E-state index in [1.807, 2.05) is 6.07 Å². The molecule has 1 atom stereocenters. The first-order valence-electron chi connectivity index (χ1n) is 6.68. The fraction of sp³-hybridized carbons (Fsp3) is 0.500. The fourth-order valence-corrected chi connectivity index (χ4v) is 4.40. The molecule has 1 aliphatic heterocycles. The molecule has 0 aromatic heterocycles. The van der Waals surface area contributed by atoms with Crippen molar-refractivity contribution in [3.63, 3.8) is 0 Å². The van der Waals surface area contributed by atoms with Crippen LogP contribution >= 0.6 is 11.6 Å². The average Bonchev–Trinajstić information content (AvgIpc) is 2.59. The SMILES string of the molecule is CC1(O)CCCN(S(=O)(=O)c2ccc(C#N)cc2Cl)CC1. The van der Waals surface area contributed by atoms with E-state index in [2.05, 4.69) is 0 Å². The summed E-state index contributed by atoms with van der Waals surface area (Å²) in [6.07, 6.45) is 1.56. The summed E-state index contributed by atoms with van der Waals surface area (Å²) in [5.41, 5.74) is -0.517. The van der Waals surface area contributed by atoms with Crippen LogP contribution in [0.5, 0.6) is 0 Å². The van der Waals surface area contributed by atoms with Gasteiger partial charge >= 0.3 is 0 Å². The van der Waals surface area contributed by atoms with E-state index >= 15 is 0 Å². The number of hydrogen-bond donors (Lipinski definition) is 1. The molecule has 1 aromatic carbocycles. The largest absolute Gasteiger partial charge is 0.390 e. The van der Waals surface area contributed by atoms with Gasteiger partial charge in [0.2, 0.25) is 10.0 Å². The van der Waals surface area contributed by atoms with Gasteiger partial charge in [0.25, 0.3) is 0 Å². The van der Waals surface area contributed by atoms with Crippen LogP contribution in [0.15, 0.2) is 23.1 Å². The molecule has 1 fully saturated rings. The number of rotatable bonds is 2. The van der Waals surface area contributed by atoms with Gasteiger partial charge in [-0.25, -0.2) is 8.42 Å². The zero-order valence-electron chi connectivity index (χ0n) is 11.7. The number of halogens is 1. The van der Waals surface area contributed by atoms with Crippen molar-refractivity contribution in [1.29, 1.82) is 5.26 Å². The number of hydrogen-bond acceptors (Lipinski definition) is 4. The second-order valence-electron chi connectivity index (χ2n) is 5.51. The van der Waals surface area contributed by atoms with E-state index in [-0.39, 0.29) is 16.5 Å². The molecule has 1 N–H and O–H groups in total. The maximum absolute atomic E-state index is 12.6. The summed E-state index contributed by atoms with van der Waals surface area (Å²) < 4.78 is 26.6. The summed E-state index contributed by atoms with van der Waals surface area (Å²) in [7, 11) is -3.71. The van der Waals surface area contributed by atoms with Crippen molar-refractivity contribution < 1.29 is 13.5 Å². The zero-order chi connectivity index (χ0) is 15.7. The number of nitrogens with zero attached hydrogens (tertiary/aromatic N) is 2. The number of sulfonamides is 1. The van der Waals surface area contributed by atoms with Gasteiger partial charge in [-0.3, -0.25) is 0 Å². The Hall–Kier alpha value is -1.13. The van der Waals surface area contributed by atoms with Crippen LogP contribution in [-0.2, 0) is 10.0 Å². The van der Waals surface area contributed by atoms with Gasteiger partial charge in [0.15, 0.2) is 0 Å². The van der Waals surface area contributed by atoms with Crippen molar-refractivity contribution in [2.75, 3.05) is 13.1 Å². The number of benzene rings is 1. The Labute approximate surface area is 129 Å². The minimum atomic E-state index is -3.71. The van der Waals surface area contributed by atoms with E-state index in [4.69, 9.17) is 16.9 Å². The Balaban J connectivity index is 2.32. The molecular formula is C14H17ClN2O3S. The van der Waals surface area contributed by atoms with Gasteiger partial charge in [-0.1, -0.05) is 11.6 Å². The minimum absolute atomic E-state index is 0.00436. The summed E-state index contributed by atoms with van der Waals surface area (Å²) >= 11 is 6.00. The number of aliphatic hydroxyl groups is 1. The highest BCUT2D eigenvalue weighted by molar-refractivity contribution is 7.89. The molecule has 1 heterocycles. The molecule has 0 aliphatic carbocycles. The highest BCUT2D eigenvalue weighted by Gasteiger charge is 2.32. The zero-order valence-corrected chi connectivity index (χ0v) is 13.3. The summed E-state index contributed by atoms with van der Waals surface area (Å²) in [4.78, 5) is 0.00436. The quantitative estimate of drug-likeness (QED) is 0.901. The monoisotopic (exact) mass is 328 g/mol. The Morgan fingerprint density at radius 1 is 1.38 bits per heavy atom. The van der Waals surface area contributed by atoms with E-state index in [1.165, 1.54) is 22.5 Å². The third kappa shape index (κ3) is 3.55. The average molecular weight is 329 g/mol. The van der Waals surface area contributed by atoms with Crippen molar-refractivity contribution in [1.82, 2.24) is 4.31 Å². The van der Waals surface area contributed by atoms with Gasteiger partial charge in [0, 0.05) is 13.1 Å². The molecule has 7 heteroatoms. The molecule has 114 valence electrons. The second-order valence-corrected chi connectivity index (χ2v) is 7.83. The fourth-order valence-electron chi connectivity index (χ4n) is 2.40. The molecule has 2 rings (SSSR count). The summed E-state index contributed by atoms with van der Waals surface area (Å²) in [6, 6.07) is 6.07. The molecule has 0 amide bonds. The normalized spacial score (nSPS) is 24.3. The summed E-state index contributed by atoms with van der Waals surface area (Å²) in [5.74, 6) is 0. The molecule has 1 saturated heterocycles. The lowest BCUT2D eigenvalue weighted by Crippen LogP contribution is -2.33. The lowest BCUT2D eigenvalue weighted by atomic mass is 9.98. The Morgan fingerprint density at radius 2 is 2.10 bits per heavy atom. The highest BCUT2D eigenvalue weighted by atomic mass is 35.5. The van der Waals surface area contributed by atoms with Crippen LogP contribution in [0, 0.1) is 11.3 Å². The van der Waals surface area contributed by atoms with Crippen molar-refractivity contribution >= 4 is 21.6 Å². The van der Waals surface area contributed by atoms with Gasteiger partial charge in [-0.15, -0.1) is 0 Å². The van der Waals surface area contributed by atoms with Crippen LogP contribution < -0.4 is 0 Å². The molecule has 21 heavy (non-hydrogen) atoms. The van der Waals surface area contributed by atoms with Crippen LogP contribution in [-0.4, -0.2) is 36.5 Å². The molecule has 0 radical (unpaired) electrons. The maximum Gasteiger partial charge on any atom is 0.244 e.